The number of amides is 1. The number of rotatable bonds is 8. The van der Waals surface area contributed by atoms with E-state index in [-0.39, 0.29) is 5.91 Å². The van der Waals surface area contributed by atoms with Crippen LogP contribution >= 0.6 is 11.6 Å². The van der Waals surface area contributed by atoms with Gasteiger partial charge in [-0.3, -0.25) is 9.69 Å². The molecule has 3 fully saturated rings. The van der Waals surface area contributed by atoms with E-state index in [9.17, 15) is 9.18 Å². The van der Waals surface area contributed by atoms with E-state index in [1.54, 1.807) is 4.90 Å². The summed E-state index contributed by atoms with van der Waals surface area (Å²) in [7, 11) is 0. The lowest BCUT2D eigenvalue weighted by Gasteiger charge is -2.44. The second-order valence-electron chi connectivity index (χ2n) is 12.3. The Morgan fingerprint density at radius 2 is 1.77 bits per heavy atom. The van der Waals surface area contributed by atoms with Crippen LogP contribution in [0.1, 0.15) is 43.4 Å². The van der Waals surface area contributed by atoms with Crippen LogP contribution in [0.4, 0.5) is 15.9 Å². The fourth-order valence-electron chi connectivity index (χ4n) is 7.38. The molecule has 1 aromatic heterocycles. The average Bonchev–Trinajstić information content (AvgIpc) is 3.56. The van der Waals surface area contributed by atoms with Gasteiger partial charge in [-0.2, -0.15) is 9.97 Å². The Balaban J connectivity index is 1.15. The van der Waals surface area contributed by atoms with Gasteiger partial charge in [-0.15, -0.1) is 0 Å². The number of ether oxygens (including phenoxy) is 1. The highest BCUT2D eigenvalue weighted by Gasteiger charge is 2.36. The molecular weight excluding hydrogens is 579 g/mol. The normalized spacial score (nSPS) is 21.2. The van der Waals surface area contributed by atoms with Crippen molar-refractivity contribution in [2.75, 3.05) is 62.3 Å². The quantitative estimate of drug-likeness (QED) is 0.313. The summed E-state index contributed by atoms with van der Waals surface area (Å²) in [6, 6.07) is 13.9. The van der Waals surface area contributed by atoms with Gasteiger partial charge in [0.05, 0.1) is 17.3 Å². The summed E-state index contributed by atoms with van der Waals surface area (Å²) in [5.74, 6) is 0.765. The van der Waals surface area contributed by atoms with Crippen LogP contribution in [0.15, 0.2) is 48.6 Å². The van der Waals surface area contributed by atoms with E-state index in [2.05, 4.69) is 39.0 Å². The SMILES string of the molecule is O=C(/C=C/CF)N1CCN(c2nc(OCC3CCN3C3CCCC3)nc3c2CCN(c2cccc4cccc(Cl)c24)C3)CC1. The van der Waals surface area contributed by atoms with Gasteiger partial charge in [0.1, 0.15) is 19.1 Å². The molecule has 44 heavy (non-hydrogen) atoms. The first-order chi connectivity index (χ1) is 21.6. The number of allylic oxidation sites excluding steroid dienone is 1. The third-order valence-corrected chi connectivity index (χ3v) is 10.1. The van der Waals surface area contributed by atoms with Crippen molar-refractivity contribution in [2.24, 2.45) is 0 Å². The third-order valence-electron chi connectivity index (χ3n) is 9.82. The number of hydrogen-bond acceptors (Lipinski definition) is 7. The monoisotopic (exact) mass is 618 g/mol. The lowest BCUT2D eigenvalue weighted by atomic mass is 9.99. The second-order valence-corrected chi connectivity index (χ2v) is 12.7. The Bertz CT molecular complexity index is 1530. The molecule has 3 aromatic rings. The predicted octanol–water partition coefficient (Wildman–Crippen LogP) is 5.42. The van der Waals surface area contributed by atoms with Gasteiger partial charge in [0.25, 0.3) is 0 Å². The molecule has 1 amide bonds. The standard InChI is InChI=1S/C34H40ClFN6O2/c35-28-10-3-6-24-7-4-11-30(32(24)28)41-16-14-27-29(22-41)37-34(44-23-26-13-17-42(26)25-8-1-2-9-25)38-33(27)40-20-18-39(19-21-40)31(43)12-5-15-36/h3-7,10-12,25-26H,1-2,8-9,13-23H2/b12-5+. The van der Waals surface area contributed by atoms with Crippen molar-refractivity contribution >= 4 is 39.8 Å². The van der Waals surface area contributed by atoms with Gasteiger partial charge in [-0.05, 0) is 49.3 Å². The molecule has 1 unspecified atom stereocenters. The summed E-state index contributed by atoms with van der Waals surface area (Å²) in [4.78, 5) is 31.5. The zero-order chi connectivity index (χ0) is 30.0. The van der Waals surface area contributed by atoms with Crippen LogP contribution in [-0.4, -0.2) is 90.3 Å². The molecule has 0 spiro atoms. The molecular formula is C34H40ClFN6O2. The first kappa shape index (κ1) is 29.3. The van der Waals surface area contributed by atoms with Gasteiger partial charge in [0.15, 0.2) is 0 Å². The van der Waals surface area contributed by atoms with Gasteiger partial charge >= 0.3 is 6.01 Å². The van der Waals surface area contributed by atoms with Gasteiger partial charge in [0, 0.05) is 74.1 Å². The molecule has 1 aliphatic carbocycles. The topological polar surface area (TPSA) is 65.0 Å². The van der Waals surface area contributed by atoms with Gasteiger partial charge < -0.3 is 19.4 Å². The molecule has 0 N–H and O–H groups in total. The number of likely N-dealkylation sites (tertiary alicyclic amines) is 1. The van der Waals surface area contributed by atoms with Crippen molar-refractivity contribution < 1.29 is 13.9 Å². The largest absolute Gasteiger partial charge is 0.462 e. The van der Waals surface area contributed by atoms with Gasteiger partial charge in [0.2, 0.25) is 5.91 Å². The highest BCUT2D eigenvalue weighted by molar-refractivity contribution is 6.36. The van der Waals surface area contributed by atoms with E-state index >= 15 is 0 Å². The molecule has 2 saturated heterocycles. The molecule has 4 heterocycles. The Kier molecular flexibility index (Phi) is 8.58. The lowest BCUT2D eigenvalue weighted by molar-refractivity contribution is -0.126. The molecule has 232 valence electrons. The number of hydrogen-bond donors (Lipinski definition) is 0. The minimum atomic E-state index is -0.636. The maximum Gasteiger partial charge on any atom is 0.318 e. The first-order valence-electron chi connectivity index (χ1n) is 16.1. The smallest absolute Gasteiger partial charge is 0.318 e. The summed E-state index contributed by atoms with van der Waals surface area (Å²) < 4.78 is 19.0. The fraction of sp³-hybridized carbons (Fsp3) is 0.500. The fourth-order valence-corrected chi connectivity index (χ4v) is 7.66. The van der Waals surface area contributed by atoms with Gasteiger partial charge in [-0.1, -0.05) is 48.7 Å². The van der Waals surface area contributed by atoms with Crippen molar-refractivity contribution in [2.45, 2.75) is 57.2 Å². The number of fused-ring (bicyclic) bond motifs is 2. The van der Waals surface area contributed by atoms with Crippen LogP contribution in [0.3, 0.4) is 0 Å². The summed E-state index contributed by atoms with van der Waals surface area (Å²) in [5.41, 5.74) is 3.23. The lowest BCUT2D eigenvalue weighted by Crippen LogP contribution is -2.55. The number of anilines is 2. The number of piperazine rings is 1. The molecule has 10 heteroatoms. The van der Waals surface area contributed by atoms with Crippen molar-refractivity contribution in [3.63, 3.8) is 0 Å². The summed E-state index contributed by atoms with van der Waals surface area (Å²) in [6.45, 7) is 4.99. The number of aromatic nitrogens is 2. The third kappa shape index (κ3) is 5.84. The van der Waals surface area contributed by atoms with E-state index in [4.69, 9.17) is 26.3 Å². The molecule has 1 atom stereocenters. The summed E-state index contributed by atoms with van der Waals surface area (Å²) in [5, 5.41) is 2.93. The first-order valence-corrected chi connectivity index (χ1v) is 16.4. The number of carbonyl (C=O) groups is 1. The van der Waals surface area contributed by atoms with Crippen molar-refractivity contribution in [3.05, 3.63) is 64.8 Å². The zero-order valence-corrected chi connectivity index (χ0v) is 25.9. The summed E-state index contributed by atoms with van der Waals surface area (Å²) in [6.07, 6.45) is 9.79. The highest BCUT2D eigenvalue weighted by atomic mass is 35.5. The second kappa shape index (κ2) is 12.9. The van der Waals surface area contributed by atoms with Gasteiger partial charge in [-0.25, -0.2) is 4.39 Å². The molecule has 8 nitrogen and oxygen atoms in total. The molecule has 3 aliphatic heterocycles. The van der Waals surface area contributed by atoms with Crippen molar-refractivity contribution in [1.82, 2.24) is 19.8 Å². The van der Waals surface area contributed by atoms with Crippen LogP contribution in [0.25, 0.3) is 10.8 Å². The Hall–Kier alpha value is -3.43. The number of halogens is 2. The Morgan fingerprint density at radius 1 is 0.977 bits per heavy atom. The van der Waals surface area contributed by atoms with E-state index in [0.29, 0.717) is 57.4 Å². The number of benzene rings is 2. The summed E-state index contributed by atoms with van der Waals surface area (Å²) >= 11 is 6.71. The van der Waals surface area contributed by atoms with E-state index in [0.717, 1.165) is 64.5 Å². The number of alkyl halides is 1. The van der Waals surface area contributed by atoms with E-state index in [1.165, 1.54) is 37.8 Å². The van der Waals surface area contributed by atoms with Crippen molar-refractivity contribution in [1.29, 1.82) is 0 Å². The Morgan fingerprint density at radius 3 is 2.52 bits per heavy atom. The maximum absolute atomic E-state index is 12.6. The van der Waals surface area contributed by atoms with Crippen LogP contribution in [0.2, 0.25) is 5.02 Å². The van der Waals surface area contributed by atoms with E-state index < -0.39 is 6.67 Å². The number of nitrogens with zero attached hydrogens (tertiary/aromatic N) is 6. The Labute approximate surface area is 263 Å². The molecule has 2 aromatic carbocycles. The average molecular weight is 619 g/mol. The minimum absolute atomic E-state index is 0.146. The van der Waals surface area contributed by atoms with E-state index in [1.807, 2.05) is 12.1 Å². The van der Waals surface area contributed by atoms with Crippen molar-refractivity contribution in [3.8, 4) is 6.01 Å². The zero-order valence-electron chi connectivity index (χ0n) is 25.1. The van der Waals surface area contributed by atoms with Crippen LogP contribution in [-0.2, 0) is 17.8 Å². The molecule has 7 rings (SSSR count). The van der Waals surface area contributed by atoms with Crippen LogP contribution in [0, 0.1) is 0 Å². The minimum Gasteiger partial charge on any atom is -0.462 e. The van der Waals surface area contributed by atoms with Crippen LogP contribution in [0.5, 0.6) is 6.01 Å². The predicted molar refractivity (Wildman–Crippen MR) is 173 cm³/mol. The number of carbonyl (C=O) groups excluding carboxylic acids is 1. The molecule has 0 bridgehead atoms. The maximum atomic E-state index is 12.6. The molecule has 1 saturated carbocycles. The van der Waals surface area contributed by atoms with Crippen LogP contribution < -0.4 is 14.5 Å². The molecule has 4 aliphatic rings. The highest BCUT2D eigenvalue weighted by Crippen LogP contribution is 2.37. The molecule has 0 radical (unpaired) electrons.